The lowest BCUT2D eigenvalue weighted by molar-refractivity contribution is 0.315. The number of nitrogens with zero attached hydrogens (tertiary/aromatic N) is 3. The summed E-state index contributed by atoms with van der Waals surface area (Å²) in [6.07, 6.45) is 4.46. The molecule has 1 aromatic heterocycles. The average molecular weight is 182 g/mol. The van der Waals surface area contributed by atoms with Crippen molar-refractivity contribution in [3.05, 3.63) is 6.20 Å². The Balaban J connectivity index is 1.84. The molecule has 0 spiro atoms. The van der Waals surface area contributed by atoms with Gasteiger partial charge in [0.05, 0.1) is 6.20 Å². The third kappa shape index (κ3) is 2.42. The zero-order chi connectivity index (χ0) is 9.10. The maximum Gasteiger partial charge on any atom is 0.253 e. The molecular formula is C8H14N4O. The first-order chi connectivity index (χ1) is 6.38. The fourth-order valence-electron chi connectivity index (χ4n) is 1.16. The minimum absolute atomic E-state index is 0.502. The van der Waals surface area contributed by atoms with Gasteiger partial charge in [0.25, 0.3) is 5.88 Å². The van der Waals surface area contributed by atoms with Crippen molar-refractivity contribution in [1.29, 1.82) is 0 Å². The molecule has 0 saturated heterocycles. The monoisotopic (exact) mass is 182 g/mol. The average Bonchev–Trinajstić information content (AvgIpc) is 2.81. The molecule has 0 aromatic carbocycles. The lowest BCUT2D eigenvalue weighted by Crippen LogP contribution is -2.10. The summed E-state index contributed by atoms with van der Waals surface area (Å²) in [5, 5.41) is 7.82. The van der Waals surface area contributed by atoms with Crippen LogP contribution >= 0.6 is 0 Å². The molecule has 0 radical (unpaired) electrons. The maximum absolute atomic E-state index is 5.29. The van der Waals surface area contributed by atoms with Gasteiger partial charge in [-0.05, 0) is 18.8 Å². The quantitative estimate of drug-likeness (QED) is 0.697. The van der Waals surface area contributed by atoms with Crippen molar-refractivity contribution >= 4 is 0 Å². The van der Waals surface area contributed by atoms with Crippen molar-refractivity contribution in [3.63, 3.8) is 0 Å². The van der Waals surface area contributed by atoms with Gasteiger partial charge in [0.1, 0.15) is 6.61 Å². The van der Waals surface area contributed by atoms with Crippen molar-refractivity contribution in [1.82, 2.24) is 15.0 Å². The smallest absolute Gasteiger partial charge is 0.253 e. The Morgan fingerprint density at radius 1 is 1.62 bits per heavy atom. The molecule has 2 N–H and O–H groups in total. The van der Waals surface area contributed by atoms with E-state index < -0.39 is 0 Å². The van der Waals surface area contributed by atoms with Gasteiger partial charge in [0, 0.05) is 13.1 Å². The van der Waals surface area contributed by atoms with Crippen LogP contribution < -0.4 is 10.5 Å². The third-order valence-electron chi connectivity index (χ3n) is 2.03. The number of hydrogen-bond acceptors (Lipinski definition) is 4. The Labute approximate surface area is 76.9 Å². The van der Waals surface area contributed by atoms with Crippen LogP contribution in [0.15, 0.2) is 6.20 Å². The number of hydrogen-bond donors (Lipinski definition) is 1. The van der Waals surface area contributed by atoms with Gasteiger partial charge in [-0.2, -0.15) is 0 Å². The molecular weight excluding hydrogens is 168 g/mol. The molecule has 0 aliphatic heterocycles. The molecule has 5 nitrogen and oxygen atoms in total. The standard InChI is InChI=1S/C8H14N4O/c9-3-4-13-8-6-12(11-10-8)5-7-1-2-7/h6-7H,1-5,9H2. The highest BCUT2D eigenvalue weighted by Gasteiger charge is 2.22. The highest BCUT2D eigenvalue weighted by atomic mass is 16.5. The van der Waals surface area contributed by atoms with Crippen molar-refractivity contribution < 1.29 is 4.74 Å². The minimum atomic E-state index is 0.502. The zero-order valence-electron chi connectivity index (χ0n) is 7.52. The first-order valence-corrected chi connectivity index (χ1v) is 4.61. The molecule has 1 aliphatic rings. The van der Waals surface area contributed by atoms with Crippen molar-refractivity contribution in [2.24, 2.45) is 11.7 Å². The summed E-state index contributed by atoms with van der Waals surface area (Å²) in [6, 6.07) is 0. The Kier molecular flexibility index (Phi) is 2.44. The van der Waals surface area contributed by atoms with Crippen LogP contribution in [0.5, 0.6) is 5.88 Å². The Bertz CT molecular complexity index is 269. The maximum atomic E-state index is 5.29. The second kappa shape index (κ2) is 3.74. The molecule has 1 saturated carbocycles. The third-order valence-corrected chi connectivity index (χ3v) is 2.03. The lowest BCUT2D eigenvalue weighted by atomic mass is 10.4. The summed E-state index contributed by atoms with van der Waals surface area (Å²) < 4.78 is 7.06. The van der Waals surface area contributed by atoms with Gasteiger partial charge in [0.2, 0.25) is 0 Å². The highest BCUT2D eigenvalue weighted by molar-refractivity contribution is 4.99. The number of aromatic nitrogens is 3. The molecule has 1 aliphatic carbocycles. The Hall–Kier alpha value is -1.10. The van der Waals surface area contributed by atoms with Crippen molar-refractivity contribution in [2.45, 2.75) is 19.4 Å². The topological polar surface area (TPSA) is 66.0 Å². The summed E-state index contributed by atoms with van der Waals surface area (Å²) in [6.45, 7) is 1.98. The summed E-state index contributed by atoms with van der Waals surface area (Å²) in [7, 11) is 0. The fraction of sp³-hybridized carbons (Fsp3) is 0.750. The lowest BCUT2D eigenvalue weighted by Gasteiger charge is -1.97. The predicted octanol–water partition coefficient (Wildman–Crippen LogP) is 0.0256. The summed E-state index contributed by atoms with van der Waals surface area (Å²) in [5.41, 5.74) is 5.29. The summed E-state index contributed by atoms with van der Waals surface area (Å²) in [5.74, 6) is 1.38. The summed E-state index contributed by atoms with van der Waals surface area (Å²) in [4.78, 5) is 0. The first-order valence-electron chi connectivity index (χ1n) is 4.61. The van der Waals surface area contributed by atoms with Gasteiger partial charge in [-0.15, -0.1) is 0 Å². The van der Waals surface area contributed by atoms with Gasteiger partial charge in [-0.25, -0.2) is 4.68 Å². The van der Waals surface area contributed by atoms with Gasteiger partial charge in [0.15, 0.2) is 0 Å². The Morgan fingerprint density at radius 3 is 3.15 bits per heavy atom. The van der Waals surface area contributed by atoms with Crippen LogP contribution in [-0.2, 0) is 6.54 Å². The Morgan fingerprint density at radius 2 is 2.46 bits per heavy atom. The van der Waals surface area contributed by atoms with Crippen LogP contribution in [0.25, 0.3) is 0 Å². The van der Waals surface area contributed by atoms with Gasteiger partial charge in [-0.1, -0.05) is 10.3 Å². The van der Waals surface area contributed by atoms with Gasteiger partial charge >= 0.3 is 0 Å². The van der Waals surface area contributed by atoms with E-state index >= 15 is 0 Å². The molecule has 0 bridgehead atoms. The minimum Gasteiger partial charge on any atom is -0.474 e. The van der Waals surface area contributed by atoms with E-state index in [2.05, 4.69) is 10.3 Å². The first kappa shape index (κ1) is 8.50. The van der Waals surface area contributed by atoms with Crippen LogP contribution in [0, 0.1) is 5.92 Å². The van der Waals surface area contributed by atoms with E-state index in [1.807, 2.05) is 10.9 Å². The molecule has 1 aromatic rings. The summed E-state index contributed by atoms with van der Waals surface area (Å²) >= 11 is 0. The molecule has 0 unspecified atom stereocenters. The second-order valence-electron chi connectivity index (χ2n) is 3.36. The second-order valence-corrected chi connectivity index (χ2v) is 3.36. The largest absolute Gasteiger partial charge is 0.474 e. The van der Waals surface area contributed by atoms with Gasteiger partial charge in [-0.3, -0.25) is 0 Å². The zero-order valence-corrected chi connectivity index (χ0v) is 7.52. The molecule has 13 heavy (non-hydrogen) atoms. The number of nitrogens with two attached hydrogens (primary N) is 1. The van der Waals surface area contributed by atoms with E-state index in [9.17, 15) is 0 Å². The predicted molar refractivity (Wildman–Crippen MR) is 47.3 cm³/mol. The fourth-order valence-corrected chi connectivity index (χ4v) is 1.16. The highest BCUT2D eigenvalue weighted by Crippen LogP contribution is 2.30. The van der Waals surface area contributed by atoms with E-state index in [1.54, 1.807) is 0 Å². The normalized spacial score (nSPS) is 16.1. The van der Waals surface area contributed by atoms with Crippen LogP contribution in [0.4, 0.5) is 0 Å². The van der Waals surface area contributed by atoms with E-state index in [0.717, 1.165) is 12.5 Å². The molecule has 0 amide bonds. The van der Waals surface area contributed by atoms with E-state index in [1.165, 1.54) is 12.8 Å². The van der Waals surface area contributed by atoms with Gasteiger partial charge < -0.3 is 10.5 Å². The number of rotatable bonds is 5. The molecule has 0 atom stereocenters. The van der Waals surface area contributed by atoms with E-state index in [-0.39, 0.29) is 0 Å². The molecule has 5 heteroatoms. The molecule has 2 rings (SSSR count). The van der Waals surface area contributed by atoms with Crippen LogP contribution in [0.3, 0.4) is 0 Å². The molecule has 1 heterocycles. The van der Waals surface area contributed by atoms with Crippen LogP contribution in [0.1, 0.15) is 12.8 Å². The van der Waals surface area contributed by atoms with E-state index in [4.69, 9.17) is 10.5 Å². The van der Waals surface area contributed by atoms with E-state index in [0.29, 0.717) is 19.0 Å². The van der Waals surface area contributed by atoms with Crippen LogP contribution in [0.2, 0.25) is 0 Å². The van der Waals surface area contributed by atoms with Crippen molar-refractivity contribution in [2.75, 3.05) is 13.2 Å². The molecule has 72 valence electrons. The molecule has 1 fully saturated rings. The number of ether oxygens (including phenoxy) is 1. The SMILES string of the molecule is NCCOc1cn(CC2CC2)nn1. The van der Waals surface area contributed by atoms with Crippen LogP contribution in [-0.4, -0.2) is 28.1 Å². The van der Waals surface area contributed by atoms with Crippen molar-refractivity contribution in [3.8, 4) is 5.88 Å².